The van der Waals surface area contributed by atoms with Gasteiger partial charge in [0.15, 0.2) is 11.5 Å². The Morgan fingerprint density at radius 3 is 2.25 bits per heavy atom. The number of aliphatic hydroxyl groups excluding tert-OH is 1. The SMILES string of the molecule is CC(C)(CO)[C@H](N)c1ccc(O)c(O)c1.Cl. The van der Waals surface area contributed by atoms with Crippen molar-refractivity contribution < 1.29 is 15.3 Å². The Morgan fingerprint density at radius 1 is 1.25 bits per heavy atom. The van der Waals surface area contributed by atoms with Crippen molar-refractivity contribution in [3.8, 4) is 11.5 Å². The van der Waals surface area contributed by atoms with Crippen LogP contribution in [0.4, 0.5) is 0 Å². The third kappa shape index (κ3) is 3.01. The molecule has 0 saturated heterocycles. The lowest BCUT2D eigenvalue weighted by Crippen LogP contribution is -2.32. The number of benzene rings is 1. The standard InChI is InChI=1S/C11H17NO3.ClH/c1-11(2,6-13)10(12)7-3-4-8(14)9(15)5-7;/h3-5,10,13-15H,6,12H2,1-2H3;1H/t10-;/m1./s1. The van der Waals surface area contributed by atoms with Gasteiger partial charge in [-0.15, -0.1) is 12.4 Å². The second-order valence-electron chi connectivity index (χ2n) is 4.37. The molecule has 0 aliphatic rings. The number of phenolic OH excluding ortho intramolecular Hbond substituents is 2. The van der Waals surface area contributed by atoms with Crippen molar-refractivity contribution in [1.29, 1.82) is 0 Å². The Morgan fingerprint density at radius 2 is 1.81 bits per heavy atom. The van der Waals surface area contributed by atoms with Crippen molar-refractivity contribution in [3.05, 3.63) is 23.8 Å². The van der Waals surface area contributed by atoms with Crippen LogP contribution in [0.2, 0.25) is 0 Å². The molecule has 0 unspecified atom stereocenters. The highest BCUT2D eigenvalue weighted by atomic mass is 35.5. The van der Waals surface area contributed by atoms with Crippen molar-refractivity contribution in [2.75, 3.05) is 6.61 Å². The van der Waals surface area contributed by atoms with E-state index in [2.05, 4.69) is 0 Å². The first-order valence-corrected chi connectivity index (χ1v) is 4.77. The van der Waals surface area contributed by atoms with Crippen LogP contribution in [0.25, 0.3) is 0 Å². The van der Waals surface area contributed by atoms with Gasteiger partial charge in [0.1, 0.15) is 0 Å². The Bertz CT molecular complexity index is 355. The maximum Gasteiger partial charge on any atom is 0.157 e. The zero-order valence-electron chi connectivity index (χ0n) is 9.34. The fourth-order valence-electron chi connectivity index (χ4n) is 1.28. The molecular formula is C11H18ClNO3. The number of nitrogens with two attached hydrogens (primary N) is 1. The second-order valence-corrected chi connectivity index (χ2v) is 4.37. The van der Waals surface area contributed by atoms with Crippen molar-refractivity contribution in [3.63, 3.8) is 0 Å². The molecule has 0 aromatic heterocycles. The molecule has 0 bridgehead atoms. The third-order valence-electron chi connectivity index (χ3n) is 2.61. The van der Waals surface area contributed by atoms with Crippen LogP contribution in [-0.2, 0) is 0 Å². The molecule has 16 heavy (non-hydrogen) atoms. The minimum Gasteiger partial charge on any atom is -0.504 e. The zero-order valence-corrected chi connectivity index (χ0v) is 10.2. The van der Waals surface area contributed by atoms with Gasteiger partial charge in [0.2, 0.25) is 0 Å². The fraction of sp³-hybridized carbons (Fsp3) is 0.455. The van der Waals surface area contributed by atoms with E-state index in [0.717, 1.165) is 0 Å². The first kappa shape index (κ1) is 15.0. The molecule has 4 nitrogen and oxygen atoms in total. The van der Waals surface area contributed by atoms with Gasteiger partial charge in [-0.3, -0.25) is 0 Å². The van der Waals surface area contributed by atoms with Crippen LogP contribution in [0.3, 0.4) is 0 Å². The van der Waals surface area contributed by atoms with E-state index < -0.39 is 11.5 Å². The van der Waals surface area contributed by atoms with Crippen molar-refractivity contribution >= 4 is 12.4 Å². The monoisotopic (exact) mass is 247 g/mol. The molecule has 5 heteroatoms. The summed E-state index contributed by atoms with van der Waals surface area (Å²) in [6, 6.07) is 4.04. The number of phenols is 2. The highest BCUT2D eigenvalue weighted by Gasteiger charge is 2.27. The largest absolute Gasteiger partial charge is 0.504 e. The van der Waals surface area contributed by atoms with E-state index in [9.17, 15) is 5.11 Å². The van der Waals surface area contributed by atoms with Gasteiger partial charge in [-0.2, -0.15) is 0 Å². The van der Waals surface area contributed by atoms with E-state index in [0.29, 0.717) is 5.56 Å². The van der Waals surface area contributed by atoms with Crippen LogP contribution in [0.15, 0.2) is 18.2 Å². The number of aliphatic hydroxyl groups is 1. The summed E-state index contributed by atoms with van der Waals surface area (Å²) in [4.78, 5) is 0. The molecule has 0 fully saturated rings. The third-order valence-corrected chi connectivity index (χ3v) is 2.61. The second kappa shape index (κ2) is 5.39. The Hall–Kier alpha value is -0.970. The maximum absolute atomic E-state index is 9.32. The summed E-state index contributed by atoms with van der Waals surface area (Å²) in [5.74, 6) is -0.371. The van der Waals surface area contributed by atoms with E-state index in [1.807, 2.05) is 13.8 Å². The van der Waals surface area contributed by atoms with Crippen molar-refractivity contribution in [1.82, 2.24) is 0 Å². The summed E-state index contributed by atoms with van der Waals surface area (Å²) in [5.41, 5.74) is 6.17. The zero-order chi connectivity index (χ0) is 11.6. The number of halogens is 1. The Kier molecular flexibility index (Phi) is 5.06. The quantitative estimate of drug-likeness (QED) is 0.611. The molecule has 0 saturated carbocycles. The summed E-state index contributed by atoms with van der Waals surface area (Å²) in [6.07, 6.45) is 0. The van der Waals surface area contributed by atoms with Crippen LogP contribution in [-0.4, -0.2) is 21.9 Å². The Balaban J connectivity index is 0.00000225. The molecule has 0 amide bonds. The predicted molar refractivity (Wildman–Crippen MR) is 64.8 cm³/mol. The topological polar surface area (TPSA) is 86.7 Å². The Labute approximate surface area is 101 Å². The normalized spacial score (nSPS) is 13.0. The molecule has 1 rings (SSSR count). The van der Waals surface area contributed by atoms with Gasteiger partial charge < -0.3 is 21.1 Å². The maximum atomic E-state index is 9.32. The van der Waals surface area contributed by atoms with Crippen molar-refractivity contribution in [2.45, 2.75) is 19.9 Å². The lowest BCUT2D eigenvalue weighted by Gasteiger charge is -2.29. The summed E-state index contributed by atoms with van der Waals surface area (Å²) < 4.78 is 0. The summed E-state index contributed by atoms with van der Waals surface area (Å²) in [7, 11) is 0. The number of hydrogen-bond donors (Lipinski definition) is 4. The molecule has 1 aromatic rings. The summed E-state index contributed by atoms with van der Waals surface area (Å²) >= 11 is 0. The minimum atomic E-state index is -0.469. The van der Waals surface area contributed by atoms with Crippen LogP contribution < -0.4 is 5.73 Å². The van der Waals surface area contributed by atoms with Crippen LogP contribution in [0.1, 0.15) is 25.5 Å². The first-order chi connectivity index (χ1) is 6.88. The van der Waals surface area contributed by atoms with Gasteiger partial charge in [-0.1, -0.05) is 19.9 Å². The molecule has 0 radical (unpaired) electrons. The number of aromatic hydroxyl groups is 2. The lowest BCUT2D eigenvalue weighted by molar-refractivity contribution is 0.132. The smallest absolute Gasteiger partial charge is 0.157 e. The van der Waals surface area contributed by atoms with E-state index in [1.54, 1.807) is 6.07 Å². The highest BCUT2D eigenvalue weighted by molar-refractivity contribution is 5.85. The van der Waals surface area contributed by atoms with Crippen molar-refractivity contribution in [2.24, 2.45) is 11.1 Å². The number of hydrogen-bond acceptors (Lipinski definition) is 4. The molecule has 0 aliphatic carbocycles. The summed E-state index contributed by atoms with van der Waals surface area (Å²) in [5, 5.41) is 27.6. The van der Waals surface area contributed by atoms with Gasteiger partial charge in [-0.05, 0) is 17.7 Å². The molecule has 5 N–H and O–H groups in total. The first-order valence-electron chi connectivity index (χ1n) is 4.77. The van der Waals surface area contributed by atoms with Crippen LogP contribution in [0.5, 0.6) is 11.5 Å². The average molecular weight is 248 g/mol. The van der Waals surface area contributed by atoms with Crippen LogP contribution >= 0.6 is 12.4 Å². The number of rotatable bonds is 3. The molecule has 1 aromatic carbocycles. The van der Waals surface area contributed by atoms with Gasteiger partial charge in [0, 0.05) is 18.1 Å². The lowest BCUT2D eigenvalue weighted by atomic mass is 9.82. The molecule has 0 aliphatic heterocycles. The fourth-order valence-corrected chi connectivity index (χ4v) is 1.28. The molecule has 0 spiro atoms. The molecule has 0 heterocycles. The van der Waals surface area contributed by atoms with E-state index in [-0.39, 0.29) is 30.5 Å². The minimum absolute atomic E-state index is 0. The predicted octanol–water partition coefficient (Wildman–Crippen LogP) is 1.54. The van der Waals surface area contributed by atoms with Gasteiger partial charge in [0.25, 0.3) is 0 Å². The average Bonchev–Trinajstić information content (AvgIpc) is 2.21. The molecular weight excluding hydrogens is 230 g/mol. The van der Waals surface area contributed by atoms with Gasteiger partial charge >= 0.3 is 0 Å². The molecule has 1 atom stereocenters. The molecule has 92 valence electrons. The summed E-state index contributed by atoms with van der Waals surface area (Å²) in [6.45, 7) is 3.62. The van der Waals surface area contributed by atoms with Crippen LogP contribution in [0, 0.1) is 5.41 Å². The van der Waals surface area contributed by atoms with Gasteiger partial charge in [0.05, 0.1) is 0 Å². The van der Waals surface area contributed by atoms with E-state index >= 15 is 0 Å². The van der Waals surface area contributed by atoms with E-state index in [1.165, 1.54) is 12.1 Å². The highest BCUT2D eigenvalue weighted by Crippen LogP contribution is 2.34. The van der Waals surface area contributed by atoms with Gasteiger partial charge in [-0.25, -0.2) is 0 Å². The van der Waals surface area contributed by atoms with E-state index in [4.69, 9.17) is 15.9 Å².